The summed E-state index contributed by atoms with van der Waals surface area (Å²) >= 11 is 0. The third-order valence-electron chi connectivity index (χ3n) is 6.26. The predicted octanol–water partition coefficient (Wildman–Crippen LogP) is 6.22. The van der Waals surface area contributed by atoms with Gasteiger partial charge in [-0.2, -0.15) is 10.5 Å². The number of benzene rings is 2. The van der Waals surface area contributed by atoms with Crippen LogP contribution in [0.1, 0.15) is 86.8 Å². The molecule has 5 rings (SSSR count). The molecule has 0 fully saturated rings. The highest BCUT2D eigenvalue weighted by Gasteiger charge is 2.44. The molecule has 0 unspecified atom stereocenters. The standard InChI is InChI=1S/C26H26N2/c1-25(2,3)15-7-9-17-19(11-15)23-18-10-8-16(26(4,5)6)12-20(18)24(17)22(14-28)21(23)13-27/h7-12,23-24H,1-6H3/t23-,24-/m1/s1. The molecular weight excluding hydrogens is 340 g/mol. The van der Waals surface area contributed by atoms with E-state index in [0.29, 0.717) is 11.1 Å². The third-order valence-corrected chi connectivity index (χ3v) is 6.26. The molecule has 0 saturated carbocycles. The Labute approximate surface area is 168 Å². The second-order valence-electron chi connectivity index (χ2n) is 10.1. The topological polar surface area (TPSA) is 47.6 Å². The first-order valence-corrected chi connectivity index (χ1v) is 9.91. The van der Waals surface area contributed by atoms with Gasteiger partial charge in [0, 0.05) is 11.8 Å². The Kier molecular flexibility index (Phi) is 3.85. The van der Waals surface area contributed by atoms with Gasteiger partial charge in [0.15, 0.2) is 0 Å². The maximum absolute atomic E-state index is 9.92. The third kappa shape index (κ3) is 2.52. The summed E-state index contributed by atoms with van der Waals surface area (Å²) in [6, 6.07) is 18.0. The molecule has 2 aromatic rings. The Bertz CT molecular complexity index is 1020. The Morgan fingerprint density at radius 2 is 0.964 bits per heavy atom. The summed E-state index contributed by atoms with van der Waals surface area (Å²) in [5, 5.41) is 19.8. The van der Waals surface area contributed by atoms with Gasteiger partial charge in [0.1, 0.15) is 0 Å². The van der Waals surface area contributed by atoms with Crippen molar-refractivity contribution in [1.82, 2.24) is 0 Å². The first kappa shape index (κ1) is 18.5. The highest BCUT2D eigenvalue weighted by atomic mass is 14.5. The molecule has 28 heavy (non-hydrogen) atoms. The first-order valence-electron chi connectivity index (χ1n) is 9.91. The number of nitriles is 2. The van der Waals surface area contributed by atoms with Gasteiger partial charge < -0.3 is 0 Å². The molecule has 0 heterocycles. The van der Waals surface area contributed by atoms with Crippen LogP contribution in [0.4, 0.5) is 0 Å². The van der Waals surface area contributed by atoms with Crippen LogP contribution in [0, 0.1) is 22.7 Å². The Hall–Kier alpha value is -2.84. The van der Waals surface area contributed by atoms with Crippen LogP contribution < -0.4 is 0 Å². The highest BCUT2D eigenvalue weighted by molar-refractivity contribution is 5.71. The minimum Gasteiger partial charge on any atom is -0.193 e. The summed E-state index contributed by atoms with van der Waals surface area (Å²) in [5.41, 5.74) is 8.64. The lowest BCUT2D eigenvalue weighted by Crippen LogP contribution is -2.29. The number of hydrogen-bond donors (Lipinski definition) is 0. The van der Waals surface area contributed by atoms with Crippen LogP contribution >= 0.6 is 0 Å². The molecule has 140 valence electrons. The van der Waals surface area contributed by atoms with Gasteiger partial charge in [-0.15, -0.1) is 0 Å². The molecule has 0 radical (unpaired) electrons. The van der Waals surface area contributed by atoms with Gasteiger partial charge in [0.05, 0.1) is 23.3 Å². The first-order chi connectivity index (χ1) is 13.1. The molecule has 0 amide bonds. The average Bonchev–Trinajstić information content (AvgIpc) is 2.64. The summed E-state index contributed by atoms with van der Waals surface area (Å²) < 4.78 is 0. The maximum Gasteiger partial charge on any atom is 0.0968 e. The van der Waals surface area contributed by atoms with E-state index in [2.05, 4.69) is 90.1 Å². The summed E-state index contributed by atoms with van der Waals surface area (Å²) in [4.78, 5) is 0. The molecule has 2 nitrogen and oxygen atoms in total. The van der Waals surface area contributed by atoms with E-state index in [1.165, 1.54) is 33.4 Å². The molecule has 0 aliphatic heterocycles. The lowest BCUT2D eigenvalue weighted by Gasteiger charge is -2.41. The van der Waals surface area contributed by atoms with Gasteiger partial charge in [-0.3, -0.25) is 0 Å². The monoisotopic (exact) mass is 366 g/mol. The van der Waals surface area contributed by atoms with Crippen molar-refractivity contribution in [2.75, 3.05) is 0 Å². The van der Waals surface area contributed by atoms with Crippen molar-refractivity contribution in [3.05, 3.63) is 80.9 Å². The van der Waals surface area contributed by atoms with Crippen LogP contribution in [-0.4, -0.2) is 0 Å². The normalized spacial score (nSPS) is 20.3. The van der Waals surface area contributed by atoms with Gasteiger partial charge in [-0.1, -0.05) is 77.9 Å². The van der Waals surface area contributed by atoms with E-state index in [-0.39, 0.29) is 22.7 Å². The van der Waals surface area contributed by atoms with Gasteiger partial charge in [0.2, 0.25) is 0 Å². The van der Waals surface area contributed by atoms with E-state index in [9.17, 15) is 10.5 Å². The summed E-state index contributed by atoms with van der Waals surface area (Å²) in [7, 11) is 0. The Morgan fingerprint density at radius 1 is 0.607 bits per heavy atom. The van der Waals surface area contributed by atoms with Crippen molar-refractivity contribution >= 4 is 0 Å². The lowest BCUT2D eigenvalue weighted by atomic mass is 9.60. The minimum absolute atomic E-state index is 0.0409. The molecule has 0 saturated heterocycles. The van der Waals surface area contributed by atoms with E-state index in [4.69, 9.17) is 0 Å². The largest absolute Gasteiger partial charge is 0.193 e. The second kappa shape index (κ2) is 5.83. The SMILES string of the molecule is CC(C)(C)c1ccc2c(c1)[C@@H]1C(C#N)=C(C#N)[C@H]2c2cc(C(C)(C)C)ccc21. The molecule has 2 aromatic carbocycles. The van der Waals surface area contributed by atoms with Crippen LogP contribution in [0.2, 0.25) is 0 Å². The van der Waals surface area contributed by atoms with Crippen LogP contribution in [0.3, 0.4) is 0 Å². The zero-order chi connectivity index (χ0) is 20.4. The lowest BCUT2D eigenvalue weighted by molar-refractivity contribution is 0.583. The molecule has 2 atom stereocenters. The molecule has 3 aliphatic rings. The maximum atomic E-state index is 9.92. The van der Waals surface area contributed by atoms with E-state index >= 15 is 0 Å². The molecule has 0 spiro atoms. The Morgan fingerprint density at radius 3 is 1.25 bits per heavy atom. The fourth-order valence-corrected chi connectivity index (χ4v) is 4.63. The second-order valence-corrected chi connectivity index (χ2v) is 10.1. The van der Waals surface area contributed by atoms with E-state index in [0.717, 1.165) is 0 Å². The Balaban J connectivity index is 2.02. The number of rotatable bonds is 0. The van der Waals surface area contributed by atoms with Crippen molar-refractivity contribution in [3.8, 4) is 12.1 Å². The quantitative estimate of drug-likeness (QED) is 0.556. The zero-order valence-electron chi connectivity index (χ0n) is 17.5. The number of hydrogen-bond acceptors (Lipinski definition) is 2. The number of nitrogens with zero attached hydrogens (tertiary/aromatic N) is 2. The highest BCUT2D eigenvalue weighted by Crippen LogP contribution is 2.56. The zero-order valence-corrected chi connectivity index (χ0v) is 17.5. The fraction of sp³-hybridized carbons (Fsp3) is 0.385. The smallest absolute Gasteiger partial charge is 0.0968 e. The van der Waals surface area contributed by atoms with Gasteiger partial charge >= 0.3 is 0 Å². The van der Waals surface area contributed by atoms with Crippen LogP contribution in [0.25, 0.3) is 0 Å². The van der Waals surface area contributed by atoms with Crippen molar-refractivity contribution in [2.45, 2.75) is 64.2 Å². The van der Waals surface area contributed by atoms with Crippen LogP contribution in [0.5, 0.6) is 0 Å². The average molecular weight is 367 g/mol. The fourth-order valence-electron chi connectivity index (χ4n) is 4.63. The summed E-state index contributed by atoms with van der Waals surface area (Å²) in [5.74, 6) is -0.267. The molecule has 0 aromatic heterocycles. The minimum atomic E-state index is -0.133. The predicted molar refractivity (Wildman–Crippen MR) is 112 cm³/mol. The molecule has 3 aliphatic carbocycles. The molecule has 2 bridgehead atoms. The van der Waals surface area contributed by atoms with E-state index in [1.807, 2.05) is 0 Å². The summed E-state index contributed by atoms with van der Waals surface area (Å²) in [6.45, 7) is 13.3. The van der Waals surface area contributed by atoms with Crippen LogP contribution in [0.15, 0.2) is 47.5 Å². The van der Waals surface area contributed by atoms with Crippen LogP contribution in [-0.2, 0) is 10.8 Å². The van der Waals surface area contributed by atoms with Crippen molar-refractivity contribution in [2.24, 2.45) is 0 Å². The van der Waals surface area contributed by atoms with Crippen molar-refractivity contribution in [3.63, 3.8) is 0 Å². The van der Waals surface area contributed by atoms with Gasteiger partial charge in [-0.25, -0.2) is 0 Å². The van der Waals surface area contributed by atoms with Gasteiger partial charge in [-0.05, 0) is 44.2 Å². The van der Waals surface area contributed by atoms with Crippen molar-refractivity contribution < 1.29 is 0 Å². The van der Waals surface area contributed by atoms with Crippen molar-refractivity contribution in [1.29, 1.82) is 10.5 Å². The molecule has 0 N–H and O–H groups in total. The molecular formula is C26H26N2. The molecule has 2 heteroatoms. The van der Waals surface area contributed by atoms with E-state index < -0.39 is 0 Å². The van der Waals surface area contributed by atoms with E-state index in [1.54, 1.807) is 0 Å². The summed E-state index contributed by atoms with van der Waals surface area (Å²) in [6.07, 6.45) is 0. The van der Waals surface area contributed by atoms with Gasteiger partial charge in [0.25, 0.3) is 0 Å². The number of allylic oxidation sites excluding steroid dienone is 2.